The summed E-state index contributed by atoms with van der Waals surface area (Å²) < 4.78 is 5.83. The van der Waals surface area contributed by atoms with Crippen LogP contribution in [0.4, 0.5) is 0 Å². The van der Waals surface area contributed by atoms with E-state index in [-0.39, 0.29) is 5.97 Å². The van der Waals surface area contributed by atoms with Gasteiger partial charge in [0.25, 0.3) is 0 Å². The van der Waals surface area contributed by atoms with Gasteiger partial charge in [0, 0.05) is 6.42 Å². The van der Waals surface area contributed by atoms with Crippen LogP contribution in [0.5, 0.6) is 0 Å². The van der Waals surface area contributed by atoms with Crippen molar-refractivity contribution < 1.29 is 19.3 Å². The van der Waals surface area contributed by atoms with Crippen LogP contribution in [0, 0.1) is 5.92 Å². The molecule has 0 spiro atoms. The minimum Gasteiger partial charge on any atom is -0.455 e. The summed E-state index contributed by atoms with van der Waals surface area (Å²) >= 11 is 0. The zero-order valence-corrected chi connectivity index (χ0v) is 17.9. The van der Waals surface area contributed by atoms with Gasteiger partial charge in [-0.3, -0.25) is 0 Å². The topological polar surface area (TPSA) is 51.4 Å². The fourth-order valence-electron chi connectivity index (χ4n) is 3.28. The molecule has 1 unspecified atom stereocenters. The summed E-state index contributed by atoms with van der Waals surface area (Å²) in [5.41, 5.74) is -0.423. The molecule has 1 heterocycles. The normalized spacial score (nSPS) is 17.9. The second-order valence-electron chi connectivity index (χ2n) is 8.62. The Bertz CT molecular complexity index is 390. The van der Waals surface area contributed by atoms with Gasteiger partial charge < -0.3 is 4.74 Å². The first-order valence-corrected chi connectivity index (χ1v) is 11.0. The molecule has 1 rings (SSSR count). The van der Waals surface area contributed by atoms with Crippen molar-refractivity contribution in [1.29, 1.82) is 0 Å². The smallest absolute Gasteiger partial charge is 0.373 e. The molecular weight excluding hydrogens is 328 g/mol. The largest absolute Gasteiger partial charge is 0.455 e. The first-order valence-electron chi connectivity index (χ1n) is 11.0. The average molecular weight is 371 g/mol. The summed E-state index contributed by atoms with van der Waals surface area (Å²) in [6.07, 6.45) is 14.4. The number of esters is 1. The second kappa shape index (κ2) is 12.0. The van der Waals surface area contributed by atoms with Crippen molar-refractivity contribution in [2.24, 2.45) is 5.92 Å². The summed E-state index contributed by atoms with van der Waals surface area (Å²) in [5.74, 6) is -0.777. The molecular formula is C22H42O4. The van der Waals surface area contributed by atoms with Gasteiger partial charge in [-0.25, -0.2) is 4.79 Å². The Labute approximate surface area is 161 Å². The number of carbonyl (C=O) groups is 1. The van der Waals surface area contributed by atoms with E-state index in [1.807, 2.05) is 6.92 Å². The van der Waals surface area contributed by atoms with Gasteiger partial charge in [-0.2, -0.15) is 9.78 Å². The molecule has 4 nitrogen and oxygen atoms in total. The van der Waals surface area contributed by atoms with Gasteiger partial charge in [0.1, 0.15) is 5.60 Å². The molecule has 4 heteroatoms. The second-order valence-corrected chi connectivity index (χ2v) is 8.62. The van der Waals surface area contributed by atoms with Gasteiger partial charge >= 0.3 is 11.8 Å². The first-order chi connectivity index (χ1) is 12.4. The summed E-state index contributed by atoms with van der Waals surface area (Å²) in [6.45, 7) is 10.8. The fourth-order valence-corrected chi connectivity index (χ4v) is 3.28. The molecule has 0 aromatic heterocycles. The third kappa shape index (κ3) is 8.85. The van der Waals surface area contributed by atoms with Gasteiger partial charge in [-0.05, 0) is 38.5 Å². The molecule has 0 bridgehead atoms. The van der Waals surface area contributed by atoms with Crippen molar-refractivity contribution in [1.82, 2.24) is 0 Å². The summed E-state index contributed by atoms with van der Waals surface area (Å²) in [5, 5.41) is 0. The molecule has 0 saturated carbocycles. The van der Waals surface area contributed by atoms with E-state index in [0.29, 0.717) is 12.3 Å². The molecule has 0 aliphatic carbocycles. The third-order valence-electron chi connectivity index (χ3n) is 5.53. The SMILES string of the molecule is CCCCCCCCCCC1(C(=O)OC(C)(CC)CCCC(C)C)OO1. The first kappa shape index (κ1) is 23.4. The molecule has 0 aromatic carbocycles. The van der Waals surface area contributed by atoms with E-state index in [0.717, 1.165) is 38.5 Å². The lowest BCUT2D eigenvalue weighted by Gasteiger charge is -2.29. The minimum absolute atomic E-state index is 0.339. The molecule has 0 N–H and O–H groups in total. The average Bonchev–Trinajstić information content (AvgIpc) is 3.38. The molecule has 0 aromatic rings. The lowest BCUT2D eigenvalue weighted by Crippen LogP contribution is -2.37. The number of carbonyl (C=O) groups excluding carboxylic acids is 1. The van der Waals surface area contributed by atoms with Crippen LogP contribution in [0.25, 0.3) is 0 Å². The van der Waals surface area contributed by atoms with Crippen molar-refractivity contribution in [2.75, 3.05) is 0 Å². The van der Waals surface area contributed by atoms with Gasteiger partial charge in [0.05, 0.1) is 0 Å². The lowest BCUT2D eigenvalue weighted by molar-refractivity contribution is -0.167. The van der Waals surface area contributed by atoms with E-state index in [2.05, 4.69) is 27.7 Å². The predicted molar refractivity (Wildman–Crippen MR) is 106 cm³/mol. The van der Waals surface area contributed by atoms with E-state index in [4.69, 9.17) is 14.5 Å². The van der Waals surface area contributed by atoms with Crippen LogP contribution in [0.1, 0.15) is 118 Å². The summed E-state index contributed by atoms with van der Waals surface area (Å²) in [4.78, 5) is 22.7. The third-order valence-corrected chi connectivity index (χ3v) is 5.53. The van der Waals surface area contributed by atoms with E-state index in [1.165, 1.54) is 38.5 Å². The minimum atomic E-state index is -1.11. The van der Waals surface area contributed by atoms with Crippen LogP contribution in [-0.2, 0) is 19.3 Å². The van der Waals surface area contributed by atoms with E-state index < -0.39 is 11.4 Å². The molecule has 1 aliphatic heterocycles. The molecule has 0 radical (unpaired) electrons. The van der Waals surface area contributed by atoms with E-state index in [1.54, 1.807) is 0 Å². The van der Waals surface area contributed by atoms with Crippen molar-refractivity contribution in [3.05, 3.63) is 0 Å². The molecule has 0 amide bonds. The van der Waals surface area contributed by atoms with Gasteiger partial charge in [-0.15, -0.1) is 0 Å². The standard InChI is InChI=1S/C22H42O4/c1-6-8-9-10-11-12-13-14-18-22(25-26-22)20(23)24-21(5,7-2)17-15-16-19(3)4/h19H,6-18H2,1-5H3. The number of hydrogen-bond donors (Lipinski definition) is 0. The Hall–Kier alpha value is -0.610. The zero-order valence-electron chi connectivity index (χ0n) is 17.9. The molecule has 154 valence electrons. The van der Waals surface area contributed by atoms with Crippen molar-refractivity contribution in [3.63, 3.8) is 0 Å². The quantitative estimate of drug-likeness (QED) is 0.131. The number of unbranched alkanes of at least 4 members (excludes halogenated alkanes) is 7. The molecule has 1 aliphatic rings. The van der Waals surface area contributed by atoms with Gasteiger partial charge in [0.2, 0.25) is 0 Å². The molecule has 1 saturated heterocycles. The van der Waals surface area contributed by atoms with Crippen LogP contribution in [0.2, 0.25) is 0 Å². The van der Waals surface area contributed by atoms with Gasteiger partial charge in [0.15, 0.2) is 0 Å². The highest BCUT2D eigenvalue weighted by molar-refractivity contribution is 5.79. The maximum atomic E-state index is 12.6. The number of rotatable bonds is 16. The van der Waals surface area contributed by atoms with Crippen molar-refractivity contribution in [3.8, 4) is 0 Å². The number of hydrogen-bond acceptors (Lipinski definition) is 4. The van der Waals surface area contributed by atoms with E-state index in [9.17, 15) is 4.79 Å². The Morgan fingerprint density at radius 1 is 0.962 bits per heavy atom. The molecule has 26 heavy (non-hydrogen) atoms. The highest BCUT2D eigenvalue weighted by Gasteiger charge is 2.58. The Balaban J connectivity index is 2.27. The maximum Gasteiger partial charge on any atom is 0.373 e. The highest BCUT2D eigenvalue weighted by atomic mass is 17.4. The molecule has 1 atom stereocenters. The van der Waals surface area contributed by atoms with Crippen LogP contribution >= 0.6 is 0 Å². The highest BCUT2D eigenvalue weighted by Crippen LogP contribution is 2.39. The Kier molecular flexibility index (Phi) is 10.8. The maximum absolute atomic E-state index is 12.6. The Morgan fingerprint density at radius 3 is 2.04 bits per heavy atom. The monoisotopic (exact) mass is 370 g/mol. The Morgan fingerprint density at radius 2 is 1.54 bits per heavy atom. The van der Waals surface area contributed by atoms with Crippen LogP contribution in [-0.4, -0.2) is 17.4 Å². The molecule has 1 fully saturated rings. The predicted octanol–water partition coefficient (Wildman–Crippen LogP) is 6.71. The van der Waals surface area contributed by atoms with E-state index >= 15 is 0 Å². The van der Waals surface area contributed by atoms with Crippen LogP contribution < -0.4 is 0 Å². The lowest BCUT2D eigenvalue weighted by atomic mass is 9.93. The van der Waals surface area contributed by atoms with Crippen molar-refractivity contribution in [2.45, 2.75) is 129 Å². The van der Waals surface area contributed by atoms with Crippen LogP contribution in [0.3, 0.4) is 0 Å². The summed E-state index contributed by atoms with van der Waals surface area (Å²) in [6, 6.07) is 0. The summed E-state index contributed by atoms with van der Waals surface area (Å²) in [7, 11) is 0. The van der Waals surface area contributed by atoms with Crippen LogP contribution in [0.15, 0.2) is 0 Å². The fraction of sp³-hybridized carbons (Fsp3) is 0.955. The number of ether oxygens (including phenoxy) is 1. The van der Waals surface area contributed by atoms with Crippen molar-refractivity contribution >= 4 is 5.97 Å². The zero-order chi connectivity index (χ0) is 19.5. The van der Waals surface area contributed by atoms with Gasteiger partial charge in [-0.1, -0.05) is 79.1 Å².